The molecule has 0 bridgehead atoms. The second kappa shape index (κ2) is 11.7. The molecule has 2 rings (SSSR count). The van der Waals surface area contributed by atoms with Crippen molar-refractivity contribution >= 4 is 5.96 Å². The first kappa shape index (κ1) is 19.5. The van der Waals surface area contributed by atoms with E-state index in [0.717, 1.165) is 38.6 Å². The molecule has 0 amide bonds. The molecule has 0 aromatic rings. The predicted molar refractivity (Wildman–Crippen MR) is 101 cm³/mol. The zero-order valence-electron chi connectivity index (χ0n) is 15.7. The maximum atomic E-state index is 5.64. The number of ether oxygens (including phenoxy) is 1. The number of likely N-dealkylation sites (N-methyl/N-ethyl adjacent to an activating group) is 1. The van der Waals surface area contributed by atoms with E-state index in [9.17, 15) is 0 Å². The van der Waals surface area contributed by atoms with E-state index in [1.807, 2.05) is 0 Å². The summed E-state index contributed by atoms with van der Waals surface area (Å²) in [6, 6.07) is 0. The molecule has 0 aromatic carbocycles. The van der Waals surface area contributed by atoms with Gasteiger partial charge >= 0.3 is 0 Å². The molecule has 2 heterocycles. The molecular formula is C18H37N5O. The van der Waals surface area contributed by atoms with Gasteiger partial charge in [-0.2, -0.15) is 0 Å². The second-order valence-corrected chi connectivity index (χ2v) is 6.76. The first-order valence-corrected chi connectivity index (χ1v) is 9.90. The van der Waals surface area contributed by atoms with Crippen LogP contribution in [0.2, 0.25) is 0 Å². The standard InChI is InChI=1S/C18H37N5O/c1-3-19-18(21-16-17-8-7-15-24-17)20-9-5-6-10-23-13-11-22(4-2)12-14-23/h17H,3-16H2,1-2H3,(H2,19,20,21). The van der Waals surface area contributed by atoms with Crippen molar-refractivity contribution in [3.05, 3.63) is 0 Å². The van der Waals surface area contributed by atoms with Crippen LogP contribution in [0.1, 0.15) is 39.5 Å². The van der Waals surface area contributed by atoms with Crippen LogP contribution in [0.3, 0.4) is 0 Å². The van der Waals surface area contributed by atoms with Gasteiger partial charge in [0, 0.05) is 45.9 Å². The maximum Gasteiger partial charge on any atom is 0.191 e. The summed E-state index contributed by atoms with van der Waals surface area (Å²) in [5, 5.41) is 6.78. The lowest BCUT2D eigenvalue weighted by atomic mass is 10.2. The number of hydrogen-bond donors (Lipinski definition) is 2. The average Bonchev–Trinajstić information content (AvgIpc) is 3.13. The van der Waals surface area contributed by atoms with E-state index >= 15 is 0 Å². The minimum atomic E-state index is 0.322. The zero-order chi connectivity index (χ0) is 17.0. The van der Waals surface area contributed by atoms with Gasteiger partial charge in [0.25, 0.3) is 0 Å². The molecule has 1 atom stereocenters. The maximum absolute atomic E-state index is 5.64. The van der Waals surface area contributed by atoms with E-state index in [2.05, 4.69) is 39.3 Å². The minimum Gasteiger partial charge on any atom is -0.376 e. The van der Waals surface area contributed by atoms with Crippen molar-refractivity contribution in [1.82, 2.24) is 20.4 Å². The predicted octanol–water partition coefficient (Wildman–Crippen LogP) is 1.14. The van der Waals surface area contributed by atoms with Gasteiger partial charge in [0.2, 0.25) is 0 Å². The van der Waals surface area contributed by atoms with E-state index in [1.165, 1.54) is 58.5 Å². The van der Waals surface area contributed by atoms with Crippen LogP contribution in [0.15, 0.2) is 4.99 Å². The van der Waals surface area contributed by atoms with Gasteiger partial charge in [-0.1, -0.05) is 6.92 Å². The van der Waals surface area contributed by atoms with Crippen molar-refractivity contribution < 1.29 is 4.74 Å². The van der Waals surface area contributed by atoms with Gasteiger partial charge in [-0.15, -0.1) is 0 Å². The molecule has 2 fully saturated rings. The molecule has 2 saturated heterocycles. The summed E-state index contributed by atoms with van der Waals surface area (Å²) < 4.78 is 5.64. The lowest BCUT2D eigenvalue weighted by Crippen LogP contribution is -2.46. The van der Waals surface area contributed by atoms with Crippen LogP contribution >= 0.6 is 0 Å². The van der Waals surface area contributed by atoms with Crippen LogP contribution in [0, 0.1) is 0 Å². The molecule has 0 radical (unpaired) electrons. The molecule has 0 aliphatic carbocycles. The Balaban J connectivity index is 1.54. The van der Waals surface area contributed by atoms with Crippen LogP contribution in [0.5, 0.6) is 0 Å². The van der Waals surface area contributed by atoms with Crippen molar-refractivity contribution in [1.29, 1.82) is 0 Å². The van der Waals surface area contributed by atoms with Gasteiger partial charge in [0.1, 0.15) is 0 Å². The van der Waals surface area contributed by atoms with E-state index in [0.29, 0.717) is 6.10 Å². The second-order valence-electron chi connectivity index (χ2n) is 6.76. The van der Waals surface area contributed by atoms with Gasteiger partial charge in [-0.25, -0.2) is 0 Å². The van der Waals surface area contributed by atoms with Crippen molar-refractivity contribution in [2.24, 2.45) is 4.99 Å². The largest absolute Gasteiger partial charge is 0.376 e. The topological polar surface area (TPSA) is 52.1 Å². The van der Waals surface area contributed by atoms with Crippen LogP contribution in [0.4, 0.5) is 0 Å². The third-order valence-corrected chi connectivity index (χ3v) is 4.93. The van der Waals surface area contributed by atoms with Crippen molar-refractivity contribution in [3.8, 4) is 0 Å². The van der Waals surface area contributed by atoms with Crippen molar-refractivity contribution in [2.45, 2.75) is 45.6 Å². The SMILES string of the molecule is CCNC(=NCC1CCCO1)NCCCCN1CCN(CC)CC1. The summed E-state index contributed by atoms with van der Waals surface area (Å²) in [7, 11) is 0. The number of nitrogens with zero attached hydrogens (tertiary/aromatic N) is 3. The number of rotatable bonds is 9. The Morgan fingerprint density at radius 2 is 1.88 bits per heavy atom. The van der Waals surface area contributed by atoms with E-state index in [1.54, 1.807) is 0 Å². The third kappa shape index (κ3) is 7.36. The minimum absolute atomic E-state index is 0.322. The fourth-order valence-electron chi connectivity index (χ4n) is 3.32. The molecule has 0 saturated carbocycles. The van der Waals surface area contributed by atoms with Gasteiger partial charge in [0.15, 0.2) is 5.96 Å². The number of aliphatic imine (C=N–C) groups is 1. The number of guanidine groups is 1. The first-order chi connectivity index (χ1) is 11.8. The van der Waals surface area contributed by atoms with Gasteiger partial charge < -0.3 is 25.2 Å². The fourth-order valence-corrected chi connectivity index (χ4v) is 3.32. The Morgan fingerprint density at radius 1 is 1.08 bits per heavy atom. The molecule has 6 nitrogen and oxygen atoms in total. The molecule has 2 N–H and O–H groups in total. The van der Waals surface area contributed by atoms with E-state index < -0.39 is 0 Å². The molecule has 0 aromatic heterocycles. The van der Waals surface area contributed by atoms with Gasteiger partial charge in [-0.3, -0.25) is 4.99 Å². The lowest BCUT2D eigenvalue weighted by molar-refractivity contribution is 0.117. The molecule has 140 valence electrons. The number of piperazine rings is 1. The molecule has 2 aliphatic rings. The summed E-state index contributed by atoms with van der Waals surface area (Å²) in [5.74, 6) is 0.935. The highest BCUT2D eigenvalue weighted by molar-refractivity contribution is 5.79. The van der Waals surface area contributed by atoms with Crippen LogP contribution < -0.4 is 10.6 Å². The van der Waals surface area contributed by atoms with Crippen molar-refractivity contribution in [3.63, 3.8) is 0 Å². The highest BCUT2D eigenvalue weighted by atomic mass is 16.5. The molecule has 6 heteroatoms. The monoisotopic (exact) mass is 339 g/mol. The first-order valence-electron chi connectivity index (χ1n) is 9.90. The molecular weight excluding hydrogens is 302 g/mol. The third-order valence-electron chi connectivity index (χ3n) is 4.93. The summed E-state index contributed by atoms with van der Waals surface area (Å²) in [6.45, 7) is 15.3. The van der Waals surface area contributed by atoms with Crippen LogP contribution in [0.25, 0.3) is 0 Å². The number of hydrogen-bond acceptors (Lipinski definition) is 4. The smallest absolute Gasteiger partial charge is 0.191 e. The highest BCUT2D eigenvalue weighted by Crippen LogP contribution is 2.11. The van der Waals surface area contributed by atoms with E-state index in [4.69, 9.17) is 4.74 Å². The number of nitrogens with one attached hydrogen (secondary N) is 2. The Morgan fingerprint density at radius 3 is 2.54 bits per heavy atom. The Kier molecular flexibility index (Phi) is 9.46. The Hall–Kier alpha value is -0.850. The summed E-state index contributed by atoms with van der Waals surface area (Å²) >= 11 is 0. The lowest BCUT2D eigenvalue weighted by Gasteiger charge is -2.34. The summed E-state index contributed by atoms with van der Waals surface area (Å²) in [5.41, 5.74) is 0. The van der Waals surface area contributed by atoms with Crippen LogP contribution in [-0.4, -0.2) is 87.4 Å². The van der Waals surface area contributed by atoms with Crippen LogP contribution in [-0.2, 0) is 4.74 Å². The average molecular weight is 340 g/mol. The van der Waals surface area contributed by atoms with Gasteiger partial charge in [0.05, 0.1) is 12.6 Å². The Labute approximate surface area is 148 Å². The number of unbranched alkanes of at least 4 members (excludes halogenated alkanes) is 1. The van der Waals surface area contributed by atoms with Crippen molar-refractivity contribution in [2.75, 3.05) is 65.5 Å². The normalized spacial score (nSPS) is 23.6. The fraction of sp³-hybridized carbons (Fsp3) is 0.944. The summed E-state index contributed by atoms with van der Waals surface area (Å²) in [6.07, 6.45) is 5.09. The van der Waals surface area contributed by atoms with E-state index in [-0.39, 0.29) is 0 Å². The zero-order valence-corrected chi connectivity index (χ0v) is 15.7. The highest BCUT2D eigenvalue weighted by Gasteiger charge is 2.15. The summed E-state index contributed by atoms with van der Waals surface area (Å²) in [4.78, 5) is 9.79. The molecule has 0 spiro atoms. The molecule has 2 aliphatic heterocycles. The van der Waals surface area contributed by atoms with Gasteiger partial charge in [-0.05, 0) is 45.7 Å². The molecule has 24 heavy (non-hydrogen) atoms. The Bertz CT molecular complexity index is 349. The quantitative estimate of drug-likeness (QED) is 0.375. The molecule has 1 unspecified atom stereocenters.